The predicted octanol–water partition coefficient (Wildman–Crippen LogP) is 3.20. The van der Waals surface area contributed by atoms with E-state index in [2.05, 4.69) is 10.3 Å². The number of carbonyl (C=O) groups excluding carboxylic acids is 2. The van der Waals surface area contributed by atoms with E-state index in [1.807, 2.05) is 31.2 Å². The van der Waals surface area contributed by atoms with Crippen LogP contribution in [0, 0.1) is 6.92 Å². The van der Waals surface area contributed by atoms with Crippen LogP contribution in [0.3, 0.4) is 0 Å². The second kappa shape index (κ2) is 9.17. The highest BCUT2D eigenvalue weighted by atomic mass is 32.1. The summed E-state index contributed by atoms with van der Waals surface area (Å²) < 4.78 is 10.2. The van der Waals surface area contributed by atoms with Crippen molar-refractivity contribution >= 4 is 23.2 Å². The molecule has 1 N–H and O–H groups in total. The molecular weight excluding hydrogens is 340 g/mol. The van der Waals surface area contributed by atoms with E-state index in [0.29, 0.717) is 17.1 Å². The van der Waals surface area contributed by atoms with Gasteiger partial charge in [0.05, 0.1) is 12.8 Å². The zero-order valence-corrected chi connectivity index (χ0v) is 15.4. The van der Waals surface area contributed by atoms with Crippen molar-refractivity contribution in [3.05, 3.63) is 34.8 Å². The van der Waals surface area contributed by atoms with Gasteiger partial charge in [0.25, 0.3) is 5.91 Å². The Hall–Kier alpha value is -2.41. The number of carbonyl (C=O) groups is 2. The molecule has 1 heterocycles. The summed E-state index contributed by atoms with van der Waals surface area (Å²) in [7, 11) is 1.61. The number of aryl methyl sites for hydroxylation is 1. The van der Waals surface area contributed by atoms with Gasteiger partial charge in [-0.05, 0) is 37.6 Å². The van der Waals surface area contributed by atoms with Crippen molar-refractivity contribution in [2.75, 3.05) is 20.3 Å². The molecule has 1 amide bonds. The van der Waals surface area contributed by atoms with Crippen LogP contribution in [0.15, 0.2) is 24.3 Å². The van der Waals surface area contributed by atoms with Gasteiger partial charge in [-0.1, -0.05) is 13.3 Å². The Morgan fingerprint density at radius 3 is 2.60 bits per heavy atom. The Balaban J connectivity index is 1.98. The van der Waals surface area contributed by atoms with Crippen LogP contribution < -0.4 is 10.1 Å². The summed E-state index contributed by atoms with van der Waals surface area (Å²) in [5.74, 6) is -0.0644. The van der Waals surface area contributed by atoms with E-state index in [0.717, 1.165) is 29.2 Å². The maximum Gasteiger partial charge on any atom is 0.350 e. The summed E-state index contributed by atoms with van der Waals surface area (Å²) in [5.41, 5.74) is 1.48. The number of nitrogens with zero attached hydrogens (tertiary/aromatic N) is 1. The number of nitrogens with one attached hydrogen (secondary N) is 1. The maximum atomic E-state index is 12.2. The summed E-state index contributed by atoms with van der Waals surface area (Å²) in [6.45, 7) is 4.10. The molecule has 0 aliphatic rings. The first kappa shape index (κ1) is 18.9. The van der Waals surface area contributed by atoms with Crippen LogP contribution >= 0.6 is 11.3 Å². The van der Waals surface area contributed by atoms with Gasteiger partial charge in [-0.25, -0.2) is 9.78 Å². The van der Waals surface area contributed by atoms with Crippen LogP contribution in [-0.4, -0.2) is 37.1 Å². The second-order valence-corrected chi connectivity index (χ2v) is 6.44. The Bertz CT molecular complexity index is 725. The van der Waals surface area contributed by atoms with Crippen molar-refractivity contribution in [3.8, 4) is 16.3 Å². The third kappa shape index (κ3) is 5.29. The number of ether oxygens (including phenoxy) is 2. The van der Waals surface area contributed by atoms with Gasteiger partial charge < -0.3 is 14.8 Å². The molecule has 0 spiro atoms. The van der Waals surface area contributed by atoms with E-state index >= 15 is 0 Å². The summed E-state index contributed by atoms with van der Waals surface area (Å²) in [6, 6.07) is 7.44. The van der Waals surface area contributed by atoms with Crippen LogP contribution in [0.5, 0.6) is 5.75 Å². The second-order valence-electron chi connectivity index (χ2n) is 5.44. The summed E-state index contributed by atoms with van der Waals surface area (Å²) in [6.07, 6.45) is 1.90. The van der Waals surface area contributed by atoms with Crippen LogP contribution in [0.1, 0.15) is 35.1 Å². The smallest absolute Gasteiger partial charge is 0.350 e. The van der Waals surface area contributed by atoms with Gasteiger partial charge in [-0.15, -0.1) is 11.3 Å². The van der Waals surface area contributed by atoms with Gasteiger partial charge in [-0.3, -0.25) is 4.79 Å². The standard InChI is InChI=1S/C18H22N2O4S/c1-4-5-10-19-15(21)11-24-18(22)16-12(2)20-17(25-16)13-6-8-14(23-3)9-7-13/h6-9H,4-5,10-11H2,1-3H3,(H,19,21). The van der Waals surface area contributed by atoms with Crippen molar-refractivity contribution < 1.29 is 19.1 Å². The number of hydrogen-bond acceptors (Lipinski definition) is 6. The molecule has 0 saturated carbocycles. The number of esters is 1. The summed E-state index contributed by atoms with van der Waals surface area (Å²) in [5, 5.41) is 3.43. The minimum absolute atomic E-state index is 0.280. The van der Waals surface area contributed by atoms with Crippen molar-refractivity contribution in [2.45, 2.75) is 26.7 Å². The summed E-state index contributed by atoms with van der Waals surface area (Å²) >= 11 is 1.25. The van der Waals surface area contributed by atoms with Crippen LogP contribution in [0.25, 0.3) is 10.6 Å². The molecule has 0 radical (unpaired) electrons. The third-order valence-corrected chi connectivity index (χ3v) is 4.69. The van der Waals surface area contributed by atoms with Crippen LogP contribution in [-0.2, 0) is 9.53 Å². The number of rotatable bonds is 8. The lowest BCUT2D eigenvalue weighted by Crippen LogP contribution is -2.29. The minimum atomic E-state index is -0.527. The lowest BCUT2D eigenvalue weighted by molar-refractivity contribution is -0.124. The van der Waals surface area contributed by atoms with Crippen molar-refractivity contribution in [2.24, 2.45) is 0 Å². The van der Waals surface area contributed by atoms with E-state index in [-0.39, 0.29) is 12.5 Å². The number of amides is 1. The van der Waals surface area contributed by atoms with Crippen molar-refractivity contribution in [1.29, 1.82) is 0 Å². The molecule has 2 aromatic rings. The zero-order valence-electron chi connectivity index (χ0n) is 14.6. The molecule has 0 aliphatic carbocycles. The number of unbranched alkanes of at least 4 members (excludes halogenated alkanes) is 1. The molecule has 1 aromatic carbocycles. The fourth-order valence-electron chi connectivity index (χ4n) is 2.10. The van der Waals surface area contributed by atoms with Crippen LogP contribution in [0.2, 0.25) is 0 Å². The number of hydrogen-bond donors (Lipinski definition) is 1. The predicted molar refractivity (Wildman–Crippen MR) is 97.0 cm³/mol. The lowest BCUT2D eigenvalue weighted by Gasteiger charge is -2.05. The first-order valence-electron chi connectivity index (χ1n) is 8.10. The average molecular weight is 362 g/mol. The molecule has 0 bridgehead atoms. The molecule has 0 fully saturated rings. The molecule has 0 saturated heterocycles. The van der Waals surface area contributed by atoms with E-state index in [9.17, 15) is 9.59 Å². The van der Waals surface area contributed by atoms with Gasteiger partial charge in [0, 0.05) is 12.1 Å². The van der Waals surface area contributed by atoms with E-state index in [1.165, 1.54) is 11.3 Å². The first-order chi connectivity index (χ1) is 12.0. The molecule has 7 heteroatoms. The monoisotopic (exact) mass is 362 g/mol. The zero-order chi connectivity index (χ0) is 18.2. The van der Waals surface area contributed by atoms with Gasteiger partial charge in [0.1, 0.15) is 15.6 Å². The molecule has 6 nitrogen and oxygen atoms in total. The van der Waals surface area contributed by atoms with Gasteiger partial charge >= 0.3 is 5.97 Å². The SMILES string of the molecule is CCCCNC(=O)COC(=O)c1sc(-c2ccc(OC)cc2)nc1C. The maximum absolute atomic E-state index is 12.2. The molecule has 0 unspecified atom stereocenters. The van der Waals surface area contributed by atoms with Gasteiger partial charge in [-0.2, -0.15) is 0 Å². The lowest BCUT2D eigenvalue weighted by atomic mass is 10.2. The Morgan fingerprint density at radius 1 is 1.24 bits per heavy atom. The molecule has 0 aliphatic heterocycles. The summed E-state index contributed by atoms with van der Waals surface area (Å²) in [4.78, 5) is 28.6. The molecule has 134 valence electrons. The topological polar surface area (TPSA) is 77.5 Å². The van der Waals surface area contributed by atoms with Crippen molar-refractivity contribution in [1.82, 2.24) is 10.3 Å². The quantitative estimate of drug-likeness (QED) is 0.576. The van der Waals surface area contributed by atoms with Crippen LogP contribution in [0.4, 0.5) is 0 Å². The molecule has 25 heavy (non-hydrogen) atoms. The van der Waals surface area contributed by atoms with Gasteiger partial charge in [0.2, 0.25) is 0 Å². The van der Waals surface area contributed by atoms with E-state index < -0.39 is 5.97 Å². The first-order valence-corrected chi connectivity index (χ1v) is 8.92. The van der Waals surface area contributed by atoms with E-state index in [4.69, 9.17) is 9.47 Å². The highest BCUT2D eigenvalue weighted by Gasteiger charge is 2.18. The third-order valence-electron chi connectivity index (χ3n) is 3.51. The fourth-order valence-corrected chi connectivity index (χ4v) is 3.06. The van der Waals surface area contributed by atoms with E-state index in [1.54, 1.807) is 14.0 Å². The number of aromatic nitrogens is 1. The Labute approximate surface area is 151 Å². The number of thiazole rings is 1. The Kier molecular flexibility index (Phi) is 6.94. The minimum Gasteiger partial charge on any atom is -0.497 e. The molecular formula is C18H22N2O4S. The van der Waals surface area contributed by atoms with Gasteiger partial charge in [0.15, 0.2) is 6.61 Å². The fraction of sp³-hybridized carbons (Fsp3) is 0.389. The highest BCUT2D eigenvalue weighted by molar-refractivity contribution is 7.17. The van der Waals surface area contributed by atoms with Crippen molar-refractivity contribution in [3.63, 3.8) is 0 Å². The largest absolute Gasteiger partial charge is 0.497 e. The molecule has 2 rings (SSSR count). The number of benzene rings is 1. The molecule has 1 aromatic heterocycles. The molecule has 0 atom stereocenters. The highest BCUT2D eigenvalue weighted by Crippen LogP contribution is 2.29. The normalized spacial score (nSPS) is 10.4. The number of methoxy groups -OCH3 is 1. The Morgan fingerprint density at radius 2 is 1.96 bits per heavy atom. The average Bonchev–Trinajstić information content (AvgIpc) is 3.02.